The van der Waals surface area contributed by atoms with Gasteiger partial charge in [0.05, 0.1) is 38.7 Å². The normalized spacial score (nSPS) is 21.3. The molecule has 7 rings (SSSR count). The zero-order valence-corrected chi connectivity index (χ0v) is 29.7. The number of imidazole rings is 1. The van der Waals surface area contributed by atoms with Crippen LogP contribution in [0.15, 0.2) is 16.6 Å². The van der Waals surface area contributed by atoms with Crippen molar-refractivity contribution in [3.63, 3.8) is 0 Å². The Bertz CT molecular complexity index is 1800. The summed E-state index contributed by atoms with van der Waals surface area (Å²) >= 11 is 10.6. The van der Waals surface area contributed by atoms with Crippen molar-refractivity contribution in [2.24, 2.45) is 5.92 Å². The number of aryl methyl sites for hydroxylation is 1. The molecule has 1 saturated carbocycles. The van der Waals surface area contributed by atoms with Crippen molar-refractivity contribution in [1.82, 2.24) is 29.2 Å². The van der Waals surface area contributed by atoms with Gasteiger partial charge in [0.15, 0.2) is 5.82 Å². The van der Waals surface area contributed by atoms with Crippen molar-refractivity contribution in [1.29, 1.82) is 5.26 Å². The van der Waals surface area contributed by atoms with Crippen LogP contribution >= 0.6 is 27.5 Å². The highest BCUT2D eigenvalue weighted by Gasteiger charge is 2.56. The molecule has 0 spiro atoms. The third kappa shape index (κ3) is 5.60. The van der Waals surface area contributed by atoms with E-state index in [-0.39, 0.29) is 30.0 Å². The van der Waals surface area contributed by atoms with Gasteiger partial charge in [-0.2, -0.15) is 5.26 Å². The minimum Gasteiger partial charge on any atom is -0.444 e. The minimum absolute atomic E-state index is 0.0174. The molecule has 0 radical (unpaired) electrons. The summed E-state index contributed by atoms with van der Waals surface area (Å²) in [5, 5.41) is 10.6. The van der Waals surface area contributed by atoms with Gasteiger partial charge in [-0.25, -0.2) is 14.8 Å². The van der Waals surface area contributed by atoms with E-state index in [0.29, 0.717) is 46.0 Å². The number of anilines is 1. The molecule has 244 valence electrons. The SMILES string of the molecule is CN(C)C(=O)CCc1nc2c(N3CC(N(C)C)C3)nc3c(Br)c(Cl)c(/C=C/C#N)cc3c2n1C1C2CC1N(C(=O)OC(C)(C)C)C2. The summed E-state index contributed by atoms with van der Waals surface area (Å²) < 4.78 is 8.71. The van der Waals surface area contributed by atoms with Crippen molar-refractivity contribution in [2.45, 2.75) is 63.8 Å². The average molecular weight is 712 g/mol. The number of carbonyl (C=O) groups is 2. The third-order valence-corrected chi connectivity index (χ3v) is 10.8. The first-order valence-corrected chi connectivity index (χ1v) is 16.8. The zero-order chi connectivity index (χ0) is 33.2. The van der Waals surface area contributed by atoms with E-state index >= 15 is 0 Å². The van der Waals surface area contributed by atoms with Crippen molar-refractivity contribution in [3.05, 3.63) is 33.0 Å². The smallest absolute Gasteiger partial charge is 0.410 e. The molecule has 4 aliphatic rings. The van der Waals surface area contributed by atoms with Gasteiger partial charge >= 0.3 is 6.09 Å². The number of nitriles is 1. The minimum atomic E-state index is -0.601. The number of fused-ring (bicyclic) bond motifs is 4. The molecule has 3 saturated heterocycles. The standard InChI is InChI=1S/C33H40BrClN8O3/c1-33(2,3)46-32(45)42-15-19-14-22(42)29(19)43-23(10-11-24(44)40(6)7)37-28-30(43)21-13-18(9-8-12-36)26(35)25(34)27(21)38-31(28)41-16-20(17-41)39(4)5/h8-9,13,19-20,22,29H,10-11,14-17H2,1-7H3/b9-8+. The van der Waals surface area contributed by atoms with Crippen LogP contribution in [-0.4, -0.2) is 107 Å². The van der Waals surface area contributed by atoms with Crippen molar-refractivity contribution >= 4 is 73.4 Å². The number of likely N-dealkylation sites (N-methyl/N-ethyl adjacent to an activating group) is 1. The quantitative estimate of drug-likeness (QED) is 0.296. The molecular weight excluding hydrogens is 672 g/mol. The van der Waals surface area contributed by atoms with E-state index in [9.17, 15) is 14.9 Å². The fourth-order valence-corrected chi connectivity index (χ4v) is 7.58. The number of rotatable bonds is 7. The second-order valence-electron chi connectivity index (χ2n) is 14.0. The summed E-state index contributed by atoms with van der Waals surface area (Å²) in [5.41, 5.74) is 2.43. The molecule has 1 aliphatic carbocycles. The Balaban J connectivity index is 1.57. The summed E-state index contributed by atoms with van der Waals surface area (Å²) in [7, 11) is 7.67. The summed E-state index contributed by atoms with van der Waals surface area (Å²) in [6.07, 6.45) is 4.39. The zero-order valence-electron chi connectivity index (χ0n) is 27.3. The van der Waals surface area contributed by atoms with Gasteiger partial charge in [0.2, 0.25) is 5.91 Å². The maximum atomic E-state index is 13.3. The molecule has 4 fully saturated rings. The van der Waals surface area contributed by atoms with Crippen LogP contribution in [0.2, 0.25) is 5.02 Å². The maximum Gasteiger partial charge on any atom is 0.410 e. The monoisotopic (exact) mass is 710 g/mol. The van der Waals surface area contributed by atoms with Gasteiger partial charge in [0.1, 0.15) is 16.9 Å². The Labute approximate surface area is 282 Å². The van der Waals surface area contributed by atoms with E-state index in [4.69, 9.17) is 26.3 Å². The molecule has 46 heavy (non-hydrogen) atoms. The van der Waals surface area contributed by atoms with Crippen LogP contribution in [0.25, 0.3) is 28.0 Å². The molecular formula is C33H40BrClN8O3. The van der Waals surface area contributed by atoms with Gasteiger partial charge in [-0.15, -0.1) is 0 Å². The molecule has 13 heteroatoms. The molecule has 11 nitrogen and oxygen atoms in total. The van der Waals surface area contributed by atoms with E-state index in [2.05, 4.69) is 50.5 Å². The Morgan fingerprint density at radius 2 is 1.89 bits per heavy atom. The van der Waals surface area contributed by atoms with E-state index in [1.54, 1.807) is 25.1 Å². The van der Waals surface area contributed by atoms with Gasteiger partial charge < -0.3 is 28.9 Å². The molecule has 3 aromatic rings. The lowest BCUT2D eigenvalue weighted by molar-refractivity contribution is -0.128. The number of pyridine rings is 1. The first-order chi connectivity index (χ1) is 21.7. The molecule has 2 aromatic heterocycles. The van der Waals surface area contributed by atoms with Crippen molar-refractivity contribution < 1.29 is 14.3 Å². The molecule has 3 atom stereocenters. The van der Waals surface area contributed by atoms with Gasteiger partial charge in [0, 0.05) is 70.0 Å². The molecule has 2 amide bonds. The summed E-state index contributed by atoms with van der Waals surface area (Å²) in [6, 6.07) is 4.30. The number of hydrogen-bond acceptors (Lipinski definition) is 8. The molecule has 0 N–H and O–H groups in total. The number of hydrogen-bond donors (Lipinski definition) is 0. The Morgan fingerprint density at radius 1 is 1.17 bits per heavy atom. The van der Waals surface area contributed by atoms with Crippen LogP contribution in [0.5, 0.6) is 0 Å². The Hall–Kier alpha value is -3.40. The van der Waals surface area contributed by atoms with Gasteiger partial charge in [0.25, 0.3) is 0 Å². The van der Waals surface area contributed by atoms with E-state index in [1.165, 1.54) is 6.08 Å². The average Bonchev–Trinajstić information content (AvgIpc) is 3.64. The number of carbonyl (C=O) groups excluding carboxylic acids is 2. The molecule has 5 heterocycles. The fourth-order valence-electron chi connectivity index (χ4n) is 6.84. The highest BCUT2D eigenvalue weighted by Crippen LogP contribution is 2.53. The number of halogens is 2. The van der Waals surface area contributed by atoms with Crippen molar-refractivity contribution in [3.8, 4) is 6.07 Å². The first kappa shape index (κ1) is 32.5. The lowest BCUT2D eigenvalue weighted by Crippen LogP contribution is -2.57. The Kier molecular flexibility index (Phi) is 8.49. The fraction of sp³-hybridized carbons (Fsp3) is 0.545. The summed E-state index contributed by atoms with van der Waals surface area (Å²) in [6.45, 7) is 7.84. The molecule has 3 unspecified atom stereocenters. The molecule has 1 aromatic carbocycles. The van der Waals surface area contributed by atoms with Crippen molar-refractivity contribution in [2.75, 3.05) is 52.7 Å². The predicted octanol–water partition coefficient (Wildman–Crippen LogP) is 5.49. The van der Waals surface area contributed by atoms with Gasteiger partial charge in [-0.3, -0.25) is 4.79 Å². The van der Waals surface area contributed by atoms with E-state index < -0.39 is 5.60 Å². The second-order valence-corrected chi connectivity index (χ2v) is 15.2. The van der Waals surface area contributed by atoms with E-state index in [1.807, 2.05) is 31.7 Å². The largest absolute Gasteiger partial charge is 0.444 e. The number of ether oxygens (including phenoxy) is 1. The van der Waals surface area contributed by atoms with Crippen LogP contribution in [-0.2, 0) is 16.0 Å². The second kappa shape index (κ2) is 12.0. The van der Waals surface area contributed by atoms with Crippen LogP contribution in [0.3, 0.4) is 0 Å². The van der Waals surface area contributed by atoms with Gasteiger partial charge in [-0.1, -0.05) is 11.6 Å². The van der Waals surface area contributed by atoms with E-state index in [0.717, 1.165) is 47.6 Å². The third-order valence-electron chi connectivity index (χ3n) is 9.35. The number of aromatic nitrogens is 3. The molecule has 2 bridgehead atoms. The Morgan fingerprint density at radius 3 is 2.52 bits per heavy atom. The number of nitrogens with zero attached hydrogens (tertiary/aromatic N) is 8. The van der Waals surface area contributed by atoms with Crippen LogP contribution in [0, 0.1) is 17.2 Å². The van der Waals surface area contributed by atoms with Crippen LogP contribution < -0.4 is 4.90 Å². The predicted molar refractivity (Wildman–Crippen MR) is 183 cm³/mol. The lowest BCUT2D eigenvalue weighted by Gasteiger charge is -2.43. The lowest BCUT2D eigenvalue weighted by atomic mass is 9.79. The summed E-state index contributed by atoms with van der Waals surface area (Å²) in [4.78, 5) is 44.5. The number of benzene rings is 1. The van der Waals surface area contributed by atoms with Crippen LogP contribution in [0.4, 0.5) is 10.6 Å². The highest BCUT2D eigenvalue weighted by atomic mass is 79.9. The maximum absolute atomic E-state index is 13.3. The molecule has 3 aliphatic heterocycles. The van der Waals surface area contributed by atoms with Gasteiger partial charge in [-0.05, 0) is 74.9 Å². The number of allylic oxidation sites excluding steroid dienone is 1. The first-order valence-electron chi connectivity index (χ1n) is 15.6. The highest BCUT2D eigenvalue weighted by molar-refractivity contribution is 9.10. The topological polar surface area (TPSA) is 111 Å². The summed E-state index contributed by atoms with van der Waals surface area (Å²) in [5.74, 6) is 1.79. The number of amides is 2. The van der Waals surface area contributed by atoms with Crippen LogP contribution in [0.1, 0.15) is 51.0 Å².